The van der Waals surface area contributed by atoms with E-state index in [2.05, 4.69) is 17.6 Å². The maximum absolute atomic E-state index is 13.3. The first kappa shape index (κ1) is 25.1. The number of Topliss-reactive ketones (excluding diaryl/α,β-unsaturated/α-hetero) is 1. The molecule has 0 aliphatic carbocycles. The molecule has 0 saturated carbocycles. The minimum absolute atomic E-state index is 0.0243. The normalized spacial score (nSPS) is 28.9. The first-order valence-electron chi connectivity index (χ1n) is 11.1. The highest BCUT2D eigenvalue weighted by molar-refractivity contribution is 7.98. The average molecular weight is 443 g/mol. The Morgan fingerprint density at radius 2 is 1.93 bits per heavy atom. The second-order valence-electron chi connectivity index (χ2n) is 8.37. The summed E-state index contributed by atoms with van der Waals surface area (Å²) in [6.45, 7) is 5.60. The van der Waals surface area contributed by atoms with Gasteiger partial charge in [0.1, 0.15) is 6.04 Å². The van der Waals surface area contributed by atoms with Crippen molar-refractivity contribution < 1.29 is 19.5 Å². The van der Waals surface area contributed by atoms with Crippen molar-refractivity contribution in [2.75, 3.05) is 31.6 Å². The quantitative estimate of drug-likeness (QED) is 0.348. The van der Waals surface area contributed by atoms with Crippen molar-refractivity contribution >= 4 is 29.4 Å². The Kier molecular flexibility index (Phi) is 10.1. The summed E-state index contributed by atoms with van der Waals surface area (Å²) in [7, 11) is 0. The van der Waals surface area contributed by atoms with E-state index in [1.54, 1.807) is 11.8 Å². The van der Waals surface area contributed by atoms with Gasteiger partial charge in [0, 0.05) is 12.6 Å². The predicted octanol–water partition coefficient (Wildman–Crippen LogP) is 0.694. The molecule has 2 saturated heterocycles. The van der Waals surface area contributed by atoms with Crippen LogP contribution in [0.15, 0.2) is 0 Å². The first-order chi connectivity index (χ1) is 14.4. The third-order valence-corrected chi connectivity index (χ3v) is 7.38. The summed E-state index contributed by atoms with van der Waals surface area (Å²) >= 11 is 1.55. The standard InChI is InChI=1S/C21H38N4O4S/c1-4-13-6-9-23-17(13)19(16(26)12-22)25-10-7-14(5-2)18(25)20(27)24-15(21(28)29)8-11-30-3/h13-15,17-19,23H,4-12,22H2,1-3H3,(H,24,27)(H,28,29)/t13-,14-,15?,17-,18?,19?/m0/s1. The first-order valence-corrected chi connectivity index (χ1v) is 12.5. The second-order valence-corrected chi connectivity index (χ2v) is 9.36. The van der Waals surface area contributed by atoms with Crippen LogP contribution in [0.5, 0.6) is 0 Å². The number of nitrogens with one attached hydrogen (secondary N) is 2. The van der Waals surface area contributed by atoms with E-state index in [9.17, 15) is 19.5 Å². The van der Waals surface area contributed by atoms with Crippen molar-refractivity contribution in [2.45, 2.75) is 70.1 Å². The van der Waals surface area contributed by atoms with Crippen molar-refractivity contribution in [1.82, 2.24) is 15.5 Å². The number of nitrogens with two attached hydrogens (primary N) is 1. The smallest absolute Gasteiger partial charge is 0.326 e. The van der Waals surface area contributed by atoms with E-state index >= 15 is 0 Å². The van der Waals surface area contributed by atoms with Crippen molar-refractivity contribution in [2.24, 2.45) is 17.6 Å². The zero-order valence-electron chi connectivity index (χ0n) is 18.4. The van der Waals surface area contributed by atoms with Gasteiger partial charge in [0.25, 0.3) is 0 Å². The molecular formula is C21H38N4O4S. The highest BCUT2D eigenvalue weighted by Crippen LogP contribution is 2.34. The third kappa shape index (κ3) is 5.75. The van der Waals surface area contributed by atoms with Crippen molar-refractivity contribution in [3.8, 4) is 0 Å². The largest absolute Gasteiger partial charge is 0.480 e. The molecule has 0 radical (unpaired) electrons. The van der Waals surface area contributed by atoms with Crippen molar-refractivity contribution in [3.05, 3.63) is 0 Å². The molecule has 9 heteroatoms. The van der Waals surface area contributed by atoms with Gasteiger partial charge in [-0.1, -0.05) is 26.7 Å². The fourth-order valence-electron chi connectivity index (χ4n) is 5.06. The van der Waals surface area contributed by atoms with Gasteiger partial charge < -0.3 is 21.5 Å². The molecule has 6 atom stereocenters. The number of hydrogen-bond acceptors (Lipinski definition) is 7. The fraction of sp³-hybridized carbons (Fsp3) is 0.857. The van der Waals surface area contributed by atoms with E-state index in [1.165, 1.54) is 0 Å². The van der Waals surface area contributed by atoms with Crippen LogP contribution in [-0.4, -0.2) is 83.5 Å². The van der Waals surface area contributed by atoms with E-state index in [0.29, 0.717) is 24.6 Å². The number of carboxylic acids is 1. The van der Waals surface area contributed by atoms with Gasteiger partial charge in [0.05, 0.1) is 18.6 Å². The molecule has 2 aliphatic heterocycles. The third-order valence-electron chi connectivity index (χ3n) is 6.74. The van der Waals surface area contributed by atoms with E-state index in [1.807, 2.05) is 18.1 Å². The molecule has 172 valence electrons. The highest BCUT2D eigenvalue weighted by atomic mass is 32.2. The highest BCUT2D eigenvalue weighted by Gasteiger charge is 2.48. The summed E-state index contributed by atoms with van der Waals surface area (Å²) in [5.74, 6) is -0.249. The summed E-state index contributed by atoms with van der Waals surface area (Å²) in [4.78, 5) is 39.9. The van der Waals surface area contributed by atoms with E-state index < -0.39 is 24.1 Å². The summed E-state index contributed by atoms with van der Waals surface area (Å²) < 4.78 is 0. The number of nitrogens with zero attached hydrogens (tertiary/aromatic N) is 1. The lowest BCUT2D eigenvalue weighted by atomic mass is 9.88. The number of rotatable bonds is 12. The number of carbonyl (C=O) groups excluding carboxylic acids is 2. The molecule has 2 heterocycles. The molecule has 30 heavy (non-hydrogen) atoms. The Balaban J connectivity index is 2.28. The van der Waals surface area contributed by atoms with E-state index in [-0.39, 0.29) is 30.2 Å². The van der Waals surface area contributed by atoms with Crippen LogP contribution < -0.4 is 16.4 Å². The number of amides is 1. The minimum Gasteiger partial charge on any atom is -0.480 e. The lowest BCUT2D eigenvalue weighted by Gasteiger charge is -2.38. The van der Waals surface area contributed by atoms with Gasteiger partial charge in [-0.25, -0.2) is 4.79 Å². The van der Waals surface area contributed by atoms with Crippen LogP contribution in [0.1, 0.15) is 46.0 Å². The van der Waals surface area contributed by atoms with Gasteiger partial charge >= 0.3 is 5.97 Å². The molecule has 5 N–H and O–H groups in total. The van der Waals surface area contributed by atoms with Crippen LogP contribution in [0, 0.1) is 11.8 Å². The summed E-state index contributed by atoms with van der Waals surface area (Å²) in [5.41, 5.74) is 5.77. The average Bonchev–Trinajstić information content (AvgIpc) is 3.37. The Labute approximate surface area is 184 Å². The molecule has 0 aromatic heterocycles. The van der Waals surface area contributed by atoms with Gasteiger partial charge in [0.15, 0.2) is 5.78 Å². The van der Waals surface area contributed by atoms with Gasteiger partial charge in [-0.15, -0.1) is 0 Å². The van der Waals surface area contributed by atoms with Crippen LogP contribution in [0.4, 0.5) is 0 Å². The van der Waals surface area contributed by atoms with Crippen molar-refractivity contribution in [3.63, 3.8) is 0 Å². The molecule has 0 spiro atoms. The summed E-state index contributed by atoms with van der Waals surface area (Å²) in [6, 6.07) is -1.90. The Morgan fingerprint density at radius 3 is 2.50 bits per heavy atom. The van der Waals surface area contributed by atoms with Crippen LogP contribution in [0.2, 0.25) is 0 Å². The molecule has 8 nitrogen and oxygen atoms in total. The molecule has 0 aromatic rings. The van der Waals surface area contributed by atoms with Crippen LogP contribution in [0.25, 0.3) is 0 Å². The Bertz CT molecular complexity index is 606. The zero-order valence-corrected chi connectivity index (χ0v) is 19.2. The van der Waals surface area contributed by atoms with Crippen LogP contribution in [0.3, 0.4) is 0 Å². The van der Waals surface area contributed by atoms with Gasteiger partial charge in [-0.2, -0.15) is 11.8 Å². The van der Waals surface area contributed by atoms with E-state index in [0.717, 1.165) is 32.2 Å². The molecule has 1 amide bonds. The maximum atomic E-state index is 13.3. The monoisotopic (exact) mass is 442 g/mol. The van der Waals surface area contributed by atoms with Gasteiger partial charge in [0.2, 0.25) is 5.91 Å². The Hall–Kier alpha value is -1.16. The number of hydrogen-bond donors (Lipinski definition) is 4. The van der Waals surface area contributed by atoms with Crippen molar-refractivity contribution in [1.29, 1.82) is 0 Å². The molecule has 2 rings (SSSR count). The Morgan fingerprint density at radius 1 is 1.23 bits per heavy atom. The number of carboxylic acid groups (broad SMARTS) is 1. The number of ketones is 1. The van der Waals surface area contributed by atoms with E-state index in [4.69, 9.17) is 5.73 Å². The molecule has 0 bridgehead atoms. The zero-order chi connectivity index (χ0) is 22.3. The van der Waals surface area contributed by atoms with Crippen LogP contribution in [-0.2, 0) is 14.4 Å². The minimum atomic E-state index is -1.02. The second kappa shape index (κ2) is 12.0. The topological polar surface area (TPSA) is 125 Å². The lowest BCUT2D eigenvalue weighted by molar-refractivity contribution is -0.143. The fourth-order valence-corrected chi connectivity index (χ4v) is 5.53. The molecule has 2 fully saturated rings. The molecule has 2 aliphatic rings. The molecule has 3 unspecified atom stereocenters. The molecule has 0 aromatic carbocycles. The number of thioether (sulfide) groups is 1. The summed E-state index contributed by atoms with van der Waals surface area (Å²) in [6.07, 6.45) is 5.87. The number of likely N-dealkylation sites (tertiary alicyclic amines) is 1. The van der Waals surface area contributed by atoms with Gasteiger partial charge in [-0.05, 0) is 49.7 Å². The lowest BCUT2D eigenvalue weighted by Crippen LogP contribution is -2.61. The van der Waals surface area contributed by atoms with Gasteiger partial charge in [-0.3, -0.25) is 14.5 Å². The number of aliphatic carboxylic acids is 1. The van der Waals surface area contributed by atoms with Crippen LogP contribution >= 0.6 is 11.8 Å². The number of carbonyl (C=O) groups is 3. The SMILES string of the molecule is CC[C@H]1CCN(C(C(=O)CN)[C@H]2NCC[C@@H]2CC)C1C(=O)NC(CCSC)C(=O)O. The molecular weight excluding hydrogens is 404 g/mol. The maximum Gasteiger partial charge on any atom is 0.326 e. The summed E-state index contributed by atoms with van der Waals surface area (Å²) in [5, 5.41) is 15.8. The predicted molar refractivity (Wildman–Crippen MR) is 119 cm³/mol.